The molecule has 1 aliphatic carbocycles. The van der Waals surface area contributed by atoms with Crippen LogP contribution in [0.25, 0.3) is 0 Å². The summed E-state index contributed by atoms with van der Waals surface area (Å²) in [6, 6.07) is 6.04. The summed E-state index contributed by atoms with van der Waals surface area (Å²) in [5, 5.41) is 9.64. The highest BCUT2D eigenvalue weighted by molar-refractivity contribution is 5.87. The van der Waals surface area contributed by atoms with E-state index in [-0.39, 0.29) is 17.2 Å². The summed E-state index contributed by atoms with van der Waals surface area (Å²) >= 11 is 0. The first-order valence-corrected chi connectivity index (χ1v) is 10.2. The van der Waals surface area contributed by atoms with Crippen molar-refractivity contribution in [1.29, 1.82) is 0 Å². The quantitative estimate of drug-likeness (QED) is 0.885. The molecule has 0 bridgehead atoms. The molecule has 2 saturated heterocycles. The van der Waals surface area contributed by atoms with E-state index >= 15 is 0 Å². The van der Waals surface area contributed by atoms with Crippen molar-refractivity contribution in [2.24, 2.45) is 11.3 Å². The molecule has 27 heavy (non-hydrogen) atoms. The number of amides is 1. The summed E-state index contributed by atoms with van der Waals surface area (Å²) in [6.07, 6.45) is 4.45. The Kier molecular flexibility index (Phi) is 4.75. The summed E-state index contributed by atoms with van der Waals surface area (Å²) < 4.78 is 0. The Morgan fingerprint density at radius 3 is 2.44 bits per heavy atom. The zero-order chi connectivity index (χ0) is 19.2. The topological polar surface area (TPSA) is 60.9 Å². The van der Waals surface area contributed by atoms with E-state index in [4.69, 9.17) is 0 Å². The van der Waals surface area contributed by atoms with Crippen LogP contribution in [0.1, 0.15) is 48.8 Å². The van der Waals surface area contributed by atoms with Crippen LogP contribution in [0.2, 0.25) is 0 Å². The van der Waals surface area contributed by atoms with Crippen molar-refractivity contribution in [1.82, 2.24) is 9.80 Å². The number of nitrogens with zero attached hydrogens (tertiary/aromatic N) is 2. The Bertz CT molecular complexity index is 748. The van der Waals surface area contributed by atoms with E-state index in [1.807, 2.05) is 0 Å². The largest absolute Gasteiger partial charge is 0.480 e. The van der Waals surface area contributed by atoms with Crippen LogP contribution in [0.15, 0.2) is 18.2 Å². The molecular weight excluding hydrogens is 340 g/mol. The van der Waals surface area contributed by atoms with E-state index in [1.54, 1.807) is 4.90 Å². The third-order valence-corrected chi connectivity index (χ3v) is 6.90. The van der Waals surface area contributed by atoms with E-state index in [9.17, 15) is 14.7 Å². The van der Waals surface area contributed by atoms with Crippen molar-refractivity contribution >= 4 is 11.9 Å². The summed E-state index contributed by atoms with van der Waals surface area (Å²) in [4.78, 5) is 28.5. The van der Waals surface area contributed by atoms with Crippen LogP contribution >= 0.6 is 0 Å². The van der Waals surface area contributed by atoms with E-state index in [2.05, 4.69) is 36.9 Å². The van der Waals surface area contributed by atoms with Gasteiger partial charge < -0.3 is 10.0 Å². The monoisotopic (exact) mass is 370 g/mol. The molecule has 1 aromatic carbocycles. The van der Waals surface area contributed by atoms with Gasteiger partial charge in [0.2, 0.25) is 5.91 Å². The van der Waals surface area contributed by atoms with Gasteiger partial charge >= 0.3 is 5.97 Å². The van der Waals surface area contributed by atoms with Gasteiger partial charge in [-0.2, -0.15) is 0 Å². The number of aryl methyl sites for hydroxylation is 2. The number of piperidine rings is 1. The molecule has 1 amide bonds. The molecule has 0 unspecified atom stereocenters. The van der Waals surface area contributed by atoms with E-state index in [0.29, 0.717) is 13.0 Å². The van der Waals surface area contributed by atoms with Crippen molar-refractivity contribution in [3.63, 3.8) is 0 Å². The number of benzene rings is 1. The Morgan fingerprint density at radius 2 is 1.85 bits per heavy atom. The second-order valence-electron chi connectivity index (χ2n) is 8.99. The van der Waals surface area contributed by atoms with E-state index < -0.39 is 12.0 Å². The van der Waals surface area contributed by atoms with Crippen LogP contribution in [0.5, 0.6) is 0 Å². The van der Waals surface area contributed by atoms with Crippen molar-refractivity contribution in [3.05, 3.63) is 34.9 Å². The summed E-state index contributed by atoms with van der Waals surface area (Å²) in [7, 11) is 0. The molecule has 5 heteroatoms. The van der Waals surface area contributed by atoms with Gasteiger partial charge in [0, 0.05) is 19.0 Å². The Morgan fingerprint density at radius 1 is 1.15 bits per heavy atom. The molecule has 2 aliphatic heterocycles. The molecule has 1 atom stereocenters. The molecule has 0 aromatic heterocycles. The fourth-order valence-electron chi connectivity index (χ4n) is 4.78. The number of likely N-dealkylation sites (tertiary alicyclic amines) is 2. The predicted octanol–water partition coefficient (Wildman–Crippen LogP) is 2.98. The standard InChI is InChI=1S/C22H30N2O3/c1-15-3-4-17(11-16(15)2)13-23-9-7-22(8-10-23)12-19(21(26)27)24(14-22)20(25)18-5-6-18/h3-4,11,18-19H,5-10,12-14H2,1-2H3,(H,26,27)/t19-/m1/s1. The third kappa shape index (κ3) is 3.75. The van der Waals surface area contributed by atoms with Crippen molar-refractivity contribution in [3.8, 4) is 0 Å². The SMILES string of the molecule is Cc1ccc(CN2CCC3(CC2)C[C@H](C(=O)O)N(C(=O)C2CC2)C3)cc1C. The van der Waals surface area contributed by atoms with Crippen molar-refractivity contribution < 1.29 is 14.7 Å². The maximum absolute atomic E-state index is 12.6. The molecule has 1 N–H and O–H groups in total. The highest BCUT2D eigenvalue weighted by atomic mass is 16.4. The lowest BCUT2D eigenvalue weighted by atomic mass is 9.76. The minimum atomic E-state index is -0.835. The van der Waals surface area contributed by atoms with Gasteiger partial charge in [-0.1, -0.05) is 18.2 Å². The molecule has 0 radical (unpaired) electrons. The zero-order valence-electron chi connectivity index (χ0n) is 16.4. The number of carboxylic acid groups (broad SMARTS) is 1. The molecule has 3 fully saturated rings. The molecule has 146 valence electrons. The smallest absolute Gasteiger partial charge is 0.326 e. The first-order chi connectivity index (χ1) is 12.9. The molecule has 2 heterocycles. The first-order valence-electron chi connectivity index (χ1n) is 10.2. The van der Waals surface area contributed by atoms with Crippen molar-refractivity contribution in [2.45, 2.75) is 58.5 Å². The molecule has 1 saturated carbocycles. The van der Waals surface area contributed by atoms with Gasteiger partial charge in [-0.3, -0.25) is 9.69 Å². The predicted molar refractivity (Wildman–Crippen MR) is 103 cm³/mol. The average molecular weight is 370 g/mol. The Hall–Kier alpha value is -1.88. The van der Waals surface area contributed by atoms with Crippen molar-refractivity contribution in [2.75, 3.05) is 19.6 Å². The number of carbonyl (C=O) groups is 2. The van der Waals surface area contributed by atoms with Gasteiger partial charge in [0.05, 0.1) is 0 Å². The lowest BCUT2D eigenvalue weighted by Crippen LogP contribution is -2.43. The normalized spacial score (nSPS) is 25.1. The Balaban J connectivity index is 1.39. The first kappa shape index (κ1) is 18.5. The second-order valence-corrected chi connectivity index (χ2v) is 8.99. The number of hydrogen-bond acceptors (Lipinski definition) is 3. The number of aliphatic carboxylic acids is 1. The lowest BCUT2D eigenvalue weighted by molar-refractivity contribution is -0.148. The fourth-order valence-corrected chi connectivity index (χ4v) is 4.78. The average Bonchev–Trinajstić information content (AvgIpc) is 3.42. The molecule has 5 nitrogen and oxygen atoms in total. The molecule has 4 rings (SSSR count). The third-order valence-electron chi connectivity index (χ3n) is 6.90. The second kappa shape index (κ2) is 6.93. The number of hydrogen-bond donors (Lipinski definition) is 1. The maximum atomic E-state index is 12.6. The minimum absolute atomic E-state index is 0.00665. The van der Waals surface area contributed by atoms with Crippen LogP contribution in [0, 0.1) is 25.2 Å². The minimum Gasteiger partial charge on any atom is -0.480 e. The van der Waals surface area contributed by atoms with Gasteiger partial charge in [-0.25, -0.2) is 4.79 Å². The summed E-state index contributed by atoms with van der Waals surface area (Å²) in [5.74, 6) is -0.665. The summed E-state index contributed by atoms with van der Waals surface area (Å²) in [6.45, 7) is 7.83. The highest BCUT2D eigenvalue weighted by Gasteiger charge is 2.51. The number of carbonyl (C=O) groups excluding carboxylic acids is 1. The highest BCUT2D eigenvalue weighted by Crippen LogP contribution is 2.45. The van der Waals surface area contributed by atoms with Crippen LogP contribution in [-0.2, 0) is 16.1 Å². The Labute approximate surface area is 161 Å². The molecular formula is C22H30N2O3. The summed E-state index contributed by atoms with van der Waals surface area (Å²) in [5.41, 5.74) is 3.99. The van der Waals surface area contributed by atoms with E-state index in [1.165, 1.54) is 16.7 Å². The van der Waals surface area contributed by atoms with Gasteiger partial charge in [-0.05, 0) is 81.1 Å². The van der Waals surface area contributed by atoms with Gasteiger partial charge in [-0.15, -0.1) is 0 Å². The lowest BCUT2D eigenvalue weighted by Gasteiger charge is -2.39. The van der Waals surface area contributed by atoms with Crippen LogP contribution < -0.4 is 0 Å². The molecule has 1 spiro atoms. The fraction of sp³-hybridized carbons (Fsp3) is 0.636. The van der Waals surface area contributed by atoms with Crippen LogP contribution in [0.3, 0.4) is 0 Å². The van der Waals surface area contributed by atoms with Gasteiger partial charge in [0.15, 0.2) is 0 Å². The maximum Gasteiger partial charge on any atom is 0.326 e. The molecule has 1 aromatic rings. The van der Waals surface area contributed by atoms with Gasteiger partial charge in [0.25, 0.3) is 0 Å². The molecule has 3 aliphatic rings. The van der Waals surface area contributed by atoms with E-state index in [0.717, 1.165) is 45.3 Å². The zero-order valence-corrected chi connectivity index (χ0v) is 16.4. The van der Waals surface area contributed by atoms with Gasteiger partial charge in [0.1, 0.15) is 6.04 Å². The number of rotatable bonds is 4. The number of carboxylic acids is 1. The van der Waals surface area contributed by atoms with Crippen LogP contribution in [0.4, 0.5) is 0 Å². The van der Waals surface area contributed by atoms with Crippen LogP contribution in [-0.4, -0.2) is 52.5 Å².